The molecule has 162 valence electrons. The van der Waals surface area contributed by atoms with Crippen molar-refractivity contribution in [2.75, 3.05) is 20.2 Å². The van der Waals surface area contributed by atoms with Crippen LogP contribution in [0.1, 0.15) is 21.5 Å². The molecule has 7 heteroatoms. The highest BCUT2D eigenvalue weighted by molar-refractivity contribution is 6.31. The van der Waals surface area contributed by atoms with Gasteiger partial charge in [0.2, 0.25) is 0 Å². The third-order valence-corrected chi connectivity index (χ3v) is 5.06. The second kappa shape index (κ2) is 10.8. The molecule has 0 spiro atoms. The van der Waals surface area contributed by atoms with Gasteiger partial charge in [-0.05, 0) is 41.5 Å². The first-order valence-electron chi connectivity index (χ1n) is 9.80. The molecule has 0 atom stereocenters. The molecular formula is C24H24ClFN2O3. The van der Waals surface area contributed by atoms with Crippen molar-refractivity contribution < 1.29 is 18.7 Å². The van der Waals surface area contributed by atoms with Gasteiger partial charge >= 0.3 is 0 Å². The zero-order chi connectivity index (χ0) is 22.2. The smallest absolute Gasteiger partial charge is 0.254 e. The minimum atomic E-state index is -0.429. The summed E-state index contributed by atoms with van der Waals surface area (Å²) >= 11 is 6.13. The lowest BCUT2D eigenvalue weighted by molar-refractivity contribution is 0.0748. The minimum Gasteiger partial charge on any atom is -0.493 e. The molecule has 2 N–H and O–H groups in total. The van der Waals surface area contributed by atoms with E-state index in [2.05, 4.69) is 0 Å². The summed E-state index contributed by atoms with van der Waals surface area (Å²) in [4.78, 5) is 14.7. The number of benzene rings is 3. The Hall–Kier alpha value is -3.09. The molecule has 0 saturated heterocycles. The zero-order valence-corrected chi connectivity index (χ0v) is 17.9. The number of ether oxygens (including phenoxy) is 2. The maximum Gasteiger partial charge on any atom is 0.254 e. The van der Waals surface area contributed by atoms with Gasteiger partial charge in [0.25, 0.3) is 5.91 Å². The molecule has 3 rings (SSSR count). The highest BCUT2D eigenvalue weighted by Crippen LogP contribution is 2.30. The lowest BCUT2D eigenvalue weighted by atomic mass is 10.1. The molecule has 1 amide bonds. The molecule has 31 heavy (non-hydrogen) atoms. The number of hydrogen-bond acceptors (Lipinski definition) is 4. The normalized spacial score (nSPS) is 10.6. The summed E-state index contributed by atoms with van der Waals surface area (Å²) in [5, 5.41) is 0.261. The quantitative estimate of drug-likeness (QED) is 0.523. The van der Waals surface area contributed by atoms with Gasteiger partial charge in [-0.1, -0.05) is 48.0 Å². The van der Waals surface area contributed by atoms with E-state index in [0.29, 0.717) is 35.8 Å². The molecule has 0 radical (unpaired) electrons. The number of hydrogen-bond donors (Lipinski definition) is 1. The standard InChI is InChI=1S/C24H24ClFN2O3/c1-30-23-13-18(8-10-22(23)31-16-17-5-3-2-4-6-17)24(29)28(12-11-27)15-19-7-9-20(26)14-21(19)25/h2-10,13-14H,11-12,15-16,27H2,1H3. The van der Waals surface area contributed by atoms with E-state index >= 15 is 0 Å². The largest absolute Gasteiger partial charge is 0.493 e. The van der Waals surface area contributed by atoms with Crippen LogP contribution in [-0.2, 0) is 13.2 Å². The molecule has 0 bridgehead atoms. The maximum absolute atomic E-state index is 13.3. The number of methoxy groups -OCH3 is 1. The average Bonchev–Trinajstić information content (AvgIpc) is 2.79. The average molecular weight is 443 g/mol. The zero-order valence-electron chi connectivity index (χ0n) is 17.2. The molecule has 3 aromatic carbocycles. The Morgan fingerprint density at radius 1 is 1.06 bits per heavy atom. The molecule has 0 fully saturated rings. The first-order valence-corrected chi connectivity index (χ1v) is 10.2. The van der Waals surface area contributed by atoms with Gasteiger partial charge < -0.3 is 20.1 Å². The van der Waals surface area contributed by atoms with Crippen molar-refractivity contribution in [1.82, 2.24) is 4.90 Å². The lowest BCUT2D eigenvalue weighted by Crippen LogP contribution is -2.35. The van der Waals surface area contributed by atoms with Crippen LogP contribution in [-0.4, -0.2) is 31.0 Å². The van der Waals surface area contributed by atoms with Crippen LogP contribution >= 0.6 is 11.6 Å². The van der Waals surface area contributed by atoms with E-state index in [4.69, 9.17) is 26.8 Å². The molecule has 0 aliphatic rings. The van der Waals surface area contributed by atoms with Gasteiger partial charge in [-0.25, -0.2) is 4.39 Å². The molecule has 5 nitrogen and oxygen atoms in total. The fourth-order valence-corrected chi connectivity index (χ4v) is 3.33. The van der Waals surface area contributed by atoms with Gasteiger partial charge in [-0.2, -0.15) is 0 Å². The Kier molecular flexibility index (Phi) is 7.87. The highest BCUT2D eigenvalue weighted by atomic mass is 35.5. The molecule has 3 aromatic rings. The van der Waals surface area contributed by atoms with Crippen LogP contribution < -0.4 is 15.2 Å². The van der Waals surface area contributed by atoms with Crippen LogP contribution in [0.4, 0.5) is 4.39 Å². The van der Waals surface area contributed by atoms with E-state index < -0.39 is 5.82 Å². The van der Waals surface area contributed by atoms with Crippen LogP contribution in [0, 0.1) is 5.82 Å². The van der Waals surface area contributed by atoms with Crippen molar-refractivity contribution in [3.8, 4) is 11.5 Å². The molecule has 0 aliphatic heterocycles. The van der Waals surface area contributed by atoms with Gasteiger partial charge in [-0.3, -0.25) is 4.79 Å². The number of rotatable bonds is 9. The number of carbonyl (C=O) groups is 1. The summed E-state index contributed by atoms with van der Waals surface area (Å²) in [6.07, 6.45) is 0. The fourth-order valence-electron chi connectivity index (χ4n) is 3.10. The first kappa shape index (κ1) is 22.6. The van der Waals surface area contributed by atoms with E-state index in [-0.39, 0.29) is 24.0 Å². The van der Waals surface area contributed by atoms with Crippen LogP contribution in [0.5, 0.6) is 11.5 Å². The van der Waals surface area contributed by atoms with E-state index in [1.165, 1.54) is 19.2 Å². The summed E-state index contributed by atoms with van der Waals surface area (Å²) in [6.45, 7) is 1.19. The maximum atomic E-state index is 13.3. The van der Waals surface area contributed by atoms with Gasteiger partial charge in [0, 0.05) is 30.2 Å². The first-order chi connectivity index (χ1) is 15.0. The van der Waals surface area contributed by atoms with Gasteiger partial charge in [0.05, 0.1) is 7.11 Å². The van der Waals surface area contributed by atoms with Crippen molar-refractivity contribution in [1.29, 1.82) is 0 Å². The van der Waals surface area contributed by atoms with E-state index in [0.717, 1.165) is 5.56 Å². The van der Waals surface area contributed by atoms with Crippen molar-refractivity contribution in [3.05, 3.63) is 94.3 Å². The Morgan fingerprint density at radius 2 is 1.84 bits per heavy atom. The van der Waals surface area contributed by atoms with Crippen molar-refractivity contribution in [2.45, 2.75) is 13.2 Å². The summed E-state index contributed by atoms with van der Waals surface area (Å²) in [5.41, 5.74) is 7.79. The third kappa shape index (κ3) is 5.96. The fraction of sp³-hybridized carbons (Fsp3) is 0.208. The molecule has 0 saturated carbocycles. The topological polar surface area (TPSA) is 64.8 Å². The summed E-state index contributed by atoms with van der Waals surface area (Å²) in [7, 11) is 1.52. The van der Waals surface area contributed by atoms with E-state index in [9.17, 15) is 9.18 Å². The van der Waals surface area contributed by atoms with Crippen LogP contribution in [0.2, 0.25) is 5.02 Å². The van der Waals surface area contributed by atoms with Crippen LogP contribution in [0.15, 0.2) is 66.7 Å². The van der Waals surface area contributed by atoms with Crippen molar-refractivity contribution >= 4 is 17.5 Å². The van der Waals surface area contributed by atoms with Crippen LogP contribution in [0.25, 0.3) is 0 Å². The van der Waals surface area contributed by atoms with Crippen molar-refractivity contribution in [2.24, 2.45) is 5.73 Å². The van der Waals surface area contributed by atoms with Gasteiger partial charge in [-0.15, -0.1) is 0 Å². The Bertz CT molecular complexity index is 1030. The van der Waals surface area contributed by atoms with Crippen molar-refractivity contribution in [3.63, 3.8) is 0 Å². The Balaban J connectivity index is 1.77. The molecular weight excluding hydrogens is 419 g/mol. The number of nitrogens with zero attached hydrogens (tertiary/aromatic N) is 1. The summed E-state index contributed by atoms with van der Waals surface area (Å²) < 4.78 is 24.6. The predicted octanol–water partition coefficient (Wildman–Crippen LogP) is 4.67. The second-order valence-corrected chi connectivity index (χ2v) is 7.30. The number of amides is 1. The second-order valence-electron chi connectivity index (χ2n) is 6.89. The highest BCUT2D eigenvalue weighted by Gasteiger charge is 2.19. The predicted molar refractivity (Wildman–Crippen MR) is 119 cm³/mol. The number of carbonyl (C=O) groups excluding carboxylic acids is 1. The molecule has 0 aliphatic carbocycles. The monoisotopic (exact) mass is 442 g/mol. The Morgan fingerprint density at radius 3 is 2.52 bits per heavy atom. The van der Waals surface area contributed by atoms with E-state index in [1.807, 2.05) is 30.3 Å². The third-order valence-electron chi connectivity index (χ3n) is 4.71. The van der Waals surface area contributed by atoms with Gasteiger partial charge in [0.15, 0.2) is 11.5 Å². The minimum absolute atomic E-state index is 0.212. The Labute approximate surface area is 186 Å². The molecule has 0 aromatic heterocycles. The van der Waals surface area contributed by atoms with E-state index in [1.54, 1.807) is 29.2 Å². The van der Waals surface area contributed by atoms with Gasteiger partial charge in [0.1, 0.15) is 12.4 Å². The molecule has 0 unspecified atom stereocenters. The van der Waals surface area contributed by atoms with Crippen LogP contribution in [0.3, 0.4) is 0 Å². The molecule has 0 heterocycles. The summed E-state index contributed by atoms with van der Waals surface area (Å²) in [6, 6.07) is 18.9. The number of halogens is 2. The number of nitrogens with two attached hydrogens (primary N) is 1. The summed E-state index contributed by atoms with van der Waals surface area (Å²) in [5.74, 6) is 0.323. The SMILES string of the molecule is COc1cc(C(=O)N(CCN)Cc2ccc(F)cc2Cl)ccc1OCc1ccccc1. The lowest BCUT2D eigenvalue weighted by Gasteiger charge is -2.23.